The summed E-state index contributed by atoms with van der Waals surface area (Å²) in [6.07, 6.45) is 2.94. The number of carbonyl (C=O) groups is 3. The summed E-state index contributed by atoms with van der Waals surface area (Å²) in [6.45, 7) is 2.07. The highest BCUT2D eigenvalue weighted by Gasteiger charge is 2.26. The van der Waals surface area contributed by atoms with E-state index in [4.69, 9.17) is 0 Å². The second-order valence-electron chi connectivity index (χ2n) is 6.02. The van der Waals surface area contributed by atoms with Crippen molar-refractivity contribution in [1.82, 2.24) is 14.7 Å². The first-order valence-electron chi connectivity index (χ1n) is 7.96. The van der Waals surface area contributed by atoms with Crippen LogP contribution in [0.1, 0.15) is 5.56 Å². The molecule has 1 aliphatic heterocycles. The van der Waals surface area contributed by atoms with Gasteiger partial charge >= 0.3 is 0 Å². The van der Waals surface area contributed by atoms with E-state index >= 15 is 0 Å². The standard InChI is InChI=1S/C18H23N3O3/c1-19(2)14-17(23)20-10-12-21(13-11-20)18(24)16(22)9-8-15-6-4-3-5-7-15/h3-9H,10-14H2,1-2H3/b9-8+. The van der Waals surface area contributed by atoms with Gasteiger partial charge < -0.3 is 14.7 Å². The summed E-state index contributed by atoms with van der Waals surface area (Å²) in [5, 5.41) is 0. The van der Waals surface area contributed by atoms with Crippen LogP contribution in [0.15, 0.2) is 36.4 Å². The molecule has 0 saturated carbocycles. The molecule has 24 heavy (non-hydrogen) atoms. The van der Waals surface area contributed by atoms with Crippen molar-refractivity contribution < 1.29 is 14.4 Å². The summed E-state index contributed by atoms with van der Waals surface area (Å²) < 4.78 is 0. The molecule has 128 valence electrons. The highest BCUT2D eigenvalue weighted by molar-refractivity contribution is 6.41. The molecule has 0 N–H and O–H groups in total. The topological polar surface area (TPSA) is 60.9 Å². The van der Waals surface area contributed by atoms with Crippen LogP contribution in [0.5, 0.6) is 0 Å². The molecule has 1 aliphatic rings. The van der Waals surface area contributed by atoms with Crippen molar-refractivity contribution >= 4 is 23.7 Å². The summed E-state index contributed by atoms with van der Waals surface area (Å²) in [6, 6.07) is 9.36. The van der Waals surface area contributed by atoms with Crippen molar-refractivity contribution in [3.05, 3.63) is 42.0 Å². The number of ketones is 1. The normalized spacial score (nSPS) is 15.1. The first-order valence-corrected chi connectivity index (χ1v) is 7.96. The van der Waals surface area contributed by atoms with Gasteiger partial charge in [-0.3, -0.25) is 14.4 Å². The summed E-state index contributed by atoms with van der Waals surface area (Å²) in [5.74, 6) is -1.00. The van der Waals surface area contributed by atoms with Gasteiger partial charge in [0.1, 0.15) is 0 Å². The Balaban J connectivity index is 1.85. The monoisotopic (exact) mass is 329 g/mol. The van der Waals surface area contributed by atoms with E-state index in [2.05, 4.69) is 0 Å². The zero-order valence-electron chi connectivity index (χ0n) is 14.1. The molecule has 1 aromatic carbocycles. The van der Waals surface area contributed by atoms with Gasteiger partial charge in [0.05, 0.1) is 6.54 Å². The molecule has 1 saturated heterocycles. The fourth-order valence-electron chi connectivity index (χ4n) is 2.49. The van der Waals surface area contributed by atoms with E-state index in [1.165, 1.54) is 11.0 Å². The number of nitrogens with zero attached hydrogens (tertiary/aromatic N) is 3. The van der Waals surface area contributed by atoms with Crippen LogP contribution in [0.3, 0.4) is 0 Å². The number of piperazine rings is 1. The molecule has 0 atom stereocenters. The van der Waals surface area contributed by atoms with Gasteiger partial charge in [-0.25, -0.2) is 0 Å². The van der Waals surface area contributed by atoms with E-state index in [0.717, 1.165) is 5.56 Å². The Labute approximate surface area is 142 Å². The third-order valence-corrected chi connectivity index (χ3v) is 3.81. The Hall–Kier alpha value is -2.47. The fraction of sp³-hybridized carbons (Fsp3) is 0.389. The quantitative estimate of drug-likeness (QED) is 0.583. The number of rotatable bonds is 5. The van der Waals surface area contributed by atoms with Crippen LogP contribution in [-0.4, -0.2) is 79.1 Å². The largest absolute Gasteiger partial charge is 0.338 e. The van der Waals surface area contributed by atoms with Crippen molar-refractivity contribution in [2.24, 2.45) is 0 Å². The molecule has 0 aliphatic carbocycles. The maximum absolute atomic E-state index is 12.2. The average molecular weight is 329 g/mol. The van der Waals surface area contributed by atoms with E-state index in [0.29, 0.717) is 32.7 Å². The maximum Gasteiger partial charge on any atom is 0.294 e. The van der Waals surface area contributed by atoms with Gasteiger partial charge in [0.15, 0.2) is 0 Å². The van der Waals surface area contributed by atoms with Gasteiger partial charge in [-0.05, 0) is 25.7 Å². The minimum absolute atomic E-state index is 0.0439. The van der Waals surface area contributed by atoms with Gasteiger partial charge in [-0.1, -0.05) is 36.4 Å². The Bertz CT molecular complexity index is 618. The Morgan fingerprint density at radius 2 is 1.58 bits per heavy atom. The van der Waals surface area contributed by atoms with Crippen LogP contribution in [-0.2, 0) is 14.4 Å². The van der Waals surface area contributed by atoms with E-state index in [1.807, 2.05) is 49.3 Å². The van der Waals surface area contributed by atoms with Crippen molar-refractivity contribution in [3.63, 3.8) is 0 Å². The molecule has 6 nitrogen and oxygen atoms in total. The lowest BCUT2D eigenvalue weighted by Crippen LogP contribution is -2.53. The SMILES string of the molecule is CN(C)CC(=O)N1CCN(C(=O)C(=O)/C=C/c2ccccc2)CC1. The number of carbonyl (C=O) groups excluding carboxylic acids is 3. The fourth-order valence-corrected chi connectivity index (χ4v) is 2.49. The molecule has 2 rings (SSSR count). The van der Waals surface area contributed by atoms with Crippen LogP contribution in [0.25, 0.3) is 6.08 Å². The van der Waals surface area contributed by atoms with Crippen molar-refractivity contribution in [1.29, 1.82) is 0 Å². The molecule has 1 aromatic rings. The minimum Gasteiger partial charge on any atom is -0.338 e. The summed E-state index contributed by atoms with van der Waals surface area (Å²) >= 11 is 0. The number of benzene rings is 1. The van der Waals surface area contributed by atoms with Gasteiger partial charge in [0.25, 0.3) is 5.91 Å². The smallest absolute Gasteiger partial charge is 0.294 e. The average Bonchev–Trinajstić information content (AvgIpc) is 2.59. The van der Waals surface area contributed by atoms with E-state index < -0.39 is 11.7 Å². The number of hydrogen-bond acceptors (Lipinski definition) is 4. The lowest BCUT2D eigenvalue weighted by atomic mass is 10.2. The third-order valence-electron chi connectivity index (χ3n) is 3.81. The van der Waals surface area contributed by atoms with Gasteiger partial charge in [0, 0.05) is 26.2 Å². The molecule has 6 heteroatoms. The zero-order chi connectivity index (χ0) is 17.5. The van der Waals surface area contributed by atoms with Gasteiger partial charge in [0.2, 0.25) is 11.7 Å². The molecule has 1 fully saturated rings. The first kappa shape index (κ1) is 17.9. The van der Waals surface area contributed by atoms with E-state index in [9.17, 15) is 14.4 Å². The summed E-state index contributed by atoms with van der Waals surface area (Å²) in [5.41, 5.74) is 0.873. The third kappa shape index (κ3) is 5.03. The van der Waals surface area contributed by atoms with Crippen molar-refractivity contribution in [2.75, 3.05) is 46.8 Å². The maximum atomic E-state index is 12.2. The Morgan fingerprint density at radius 3 is 2.17 bits per heavy atom. The van der Waals surface area contributed by atoms with Crippen LogP contribution in [0.4, 0.5) is 0 Å². The van der Waals surface area contributed by atoms with Crippen molar-refractivity contribution in [2.45, 2.75) is 0 Å². The predicted octanol–water partition coefficient (Wildman–Crippen LogP) is 0.501. The van der Waals surface area contributed by atoms with Crippen LogP contribution in [0, 0.1) is 0 Å². The first-order chi connectivity index (χ1) is 11.5. The van der Waals surface area contributed by atoms with Crippen LogP contribution in [0.2, 0.25) is 0 Å². The van der Waals surface area contributed by atoms with Crippen LogP contribution >= 0.6 is 0 Å². The molecule has 2 amide bonds. The molecule has 0 radical (unpaired) electrons. The molecule has 0 bridgehead atoms. The highest BCUT2D eigenvalue weighted by atomic mass is 16.2. The van der Waals surface area contributed by atoms with E-state index in [-0.39, 0.29) is 5.91 Å². The zero-order valence-corrected chi connectivity index (χ0v) is 14.1. The summed E-state index contributed by atoms with van der Waals surface area (Å²) in [4.78, 5) is 41.2. The predicted molar refractivity (Wildman–Crippen MR) is 92.2 cm³/mol. The van der Waals surface area contributed by atoms with Crippen molar-refractivity contribution in [3.8, 4) is 0 Å². The number of likely N-dealkylation sites (N-methyl/N-ethyl adjacent to an activating group) is 1. The van der Waals surface area contributed by atoms with Crippen LogP contribution < -0.4 is 0 Å². The van der Waals surface area contributed by atoms with Gasteiger partial charge in [-0.15, -0.1) is 0 Å². The second kappa shape index (κ2) is 8.40. The summed E-state index contributed by atoms with van der Waals surface area (Å²) in [7, 11) is 3.69. The molecule has 1 heterocycles. The lowest BCUT2D eigenvalue weighted by molar-refractivity contribution is -0.145. The van der Waals surface area contributed by atoms with Gasteiger partial charge in [-0.2, -0.15) is 0 Å². The molecule has 0 spiro atoms. The highest BCUT2D eigenvalue weighted by Crippen LogP contribution is 2.06. The lowest BCUT2D eigenvalue weighted by Gasteiger charge is -2.34. The minimum atomic E-state index is -0.535. The molecule has 0 unspecified atom stereocenters. The Morgan fingerprint density at radius 1 is 1.00 bits per heavy atom. The Kier molecular flexibility index (Phi) is 6.26. The molecular weight excluding hydrogens is 306 g/mol. The number of amides is 2. The number of hydrogen-bond donors (Lipinski definition) is 0. The van der Waals surface area contributed by atoms with E-state index in [1.54, 1.807) is 11.0 Å². The molecule has 0 aromatic heterocycles. The second-order valence-corrected chi connectivity index (χ2v) is 6.02. The molecular formula is C18H23N3O3.